The Balaban J connectivity index is 1.48. The Labute approximate surface area is 147 Å². The minimum Gasteiger partial charge on any atom is -0.497 e. The zero-order chi connectivity index (χ0) is 17.6. The number of hydrogen-bond acceptors (Lipinski definition) is 6. The molecule has 1 aliphatic rings. The summed E-state index contributed by atoms with van der Waals surface area (Å²) in [5.74, 6) is 2.14. The fourth-order valence-electron chi connectivity index (χ4n) is 2.97. The summed E-state index contributed by atoms with van der Waals surface area (Å²) < 4.78 is 5.13. The van der Waals surface area contributed by atoms with Crippen LogP contribution in [0.2, 0.25) is 0 Å². The fourth-order valence-corrected chi connectivity index (χ4v) is 2.97. The second-order valence-corrected chi connectivity index (χ2v) is 6.13. The molecule has 2 aromatic rings. The maximum Gasteiger partial charge on any atom is 0.223 e. The lowest BCUT2D eigenvalue weighted by molar-refractivity contribution is -0.125. The van der Waals surface area contributed by atoms with Crippen LogP contribution in [0.4, 0.5) is 11.6 Å². The summed E-state index contributed by atoms with van der Waals surface area (Å²) in [6.07, 6.45) is 4.83. The molecular formula is C18H23N5O2. The van der Waals surface area contributed by atoms with Gasteiger partial charge in [-0.15, -0.1) is 0 Å². The minimum atomic E-state index is 0.0310. The maximum absolute atomic E-state index is 12.4. The molecule has 0 radical (unpaired) electrons. The zero-order valence-electron chi connectivity index (χ0n) is 14.3. The van der Waals surface area contributed by atoms with Crippen LogP contribution in [-0.2, 0) is 11.3 Å². The Kier molecular flexibility index (Phi) is 5.33. The molecule has 1 amide bonds. The van der Waals surface area contributed by atoms with Gasteiger partial charge >= 0.3 is 0 Å². The molecule has 1 aromatic carbocycles. The second-order valence-electron chi connectivity index (χ2n) is 6.13. The van der Waals surface area contributed by atoms with Crippen molar-refractivity contribution in [3.05, 3.63) is 42.2 Å². The Bertz CT molecular complexity index is 712. The molecule has 0 spiro atoms. The highest BCUT2D eigenvalue weighted by atomic mass is 16.5. The quantitative estimate of drug-likeness (QED) is 0.858. The van der Waals surface area contributed by atoms with Crippen molar-refractivity contribution in [1.29, 1.82) is 0 Å². The van der Waals surface area contributed by atoms with Gasteiger partial charge < -0.3 is 20.7 Å². The van der Waals surface area contributed by atoms with Gasteiger partial charge in [0, 0.05) is 25.6 Å². The number of nitrogens with two attached hydrogens (primary N) is 1. The first-order valence-electron chi connectivity index (χ1n) is 8.39. The summed E-state index contributed by atoms with van der Waals surface area (Å²) in [6.45, 7) is 2.08. The largest absolute Gasteiger partial charge is 0.497 e. The Morgan fingerprint density at radius 1 is 1.28 bits per heavy atom. The number of anilines is 2. The summed E-state index contributed by atoms with van der Waals surface area (Å²) >= 11 is 0. The van der Waals surface area contributed by atoms with E-state index in [0.29, 0.717) is 12.4 Å². The molecule has 0 unspecified atom stereocenters. The molecule has 7 heteroatoms. The number of nitrogens with zero attached hydrogens (tertiary/aromatic N) is 3. The second kappa shape index (κ2) is 7.83. The van der Waals surface area contributed by atoms with Gasteiger partial charge in [-0.1, -0.05) is 12.1 Å². The molecule has 0 bridgehead atoms. The highest BCUT2D eigenvalue weighted by Gasteiger charge is 2.25. The Hall–Kier alpha value is -2.83. The molecule has 3 rings (SSSR count). The first-order chi connectivity index (χ1) is 12.2. The number of aromatic nitrogens is 2. The number of carbonyl (C=O) groups excluding carboxylic acids is 1. The topological polar surface area (TPSA) is 93.4 Å². The van der Waals surface area contributed by atoms with Gasteiger partial charge in [-0.3, -0.25) is 9.78 Å². The Morgan fingerprint density at radius 3 is 2.64 bits per heavy atom. The lowest BCUT2D eigenvalue weighted by atomic mass is 9.96. The summed E-state index contributed by atoms with van der Waals surface area (Å²) in [4.78, 5) is 22.9. The molecule has 0 atom stereocenters. The van der Waals surface area contributed by atoms with Crippen molar-refractivity contribution in [1.82, 2.24) is 15.3 Å². The van der Waals surface area contributed by atoms with Crippen LogP contribution >= 0.6 is 0 Å². The van der Waals surface area contributed by atoms with E-state index in [1.54, 1.807) is 13.3 Å². The van der Waals surface area contributed by atoms with Gasteiger partial charge in [-0.05, 0) is 30.5 Å². The van der Waals surface area contributed by atoms with Crippen LogP contribution in [0.5, 0.6) is 5.75 Å². The summed E-state index contributed by atoms with van der Waals surface area (Å²) in [6, 6.07) is 7.71. The lowest BCUT2D eigenvalue weighted by Gasteiger charge is -2.32. The highest BCUT2D eigenvalue weighted by molar-refractivity contribution is 5.79. The smallest absolute Gasteiger partial charge is 0.223 e. The molecule has 0 saturated carbocycles. The van der Waals surface area contributed by atoms with Crippen molar-refractivity contribution in [3.63, 3.8) is 0 Å². The number of methoxy groups -OCH3 is 1. The molecule has 3 N–H and O–H groups in total. The highest BCUT2D eigenvalue weighted by Crippen LogP contribution is 2.22. The number of nitrogens with one attached hydrogen (secondary N) is 1. The van der Waals surface area contributed by atoms with Crippen LogP contribution in [0.1, 0.15) is 18.4 Å². The van der Waals surface area contributed by atoms with E-state index in [4.69, 9.17) is 10.5 Å². The SMILES string of the molecule is COc1ccc(CNC(=O)C2CCN(c3cncc(N)n3)CC2)cc1. The number of nitrogen functional groups attached to an aromatic ring is 1. The molecule has 7 nitrogen and oxygen atoms in total. The van der Waals surface area contributed by atoms with Gasteiger partial charge in [0.2, 0.25) is 5.91 Å². The lowest BCUT2D eigenvalue weighted by Crippen LogP contribution is -2.40. The van der Waals surface area contributed by atoms with Crippen LogP contribution in [0.3, 0.4) is 0 Å². The van der Waals surface area contributed by atoms with Gasteiger partial charge in [-0.25, -0.2) is 4.98 Å². The van der Waals surface area contributed by atoms with Crippen molar-refractivity contribution in [3.8, 4) is 5.75 Å². The number of hydrogen-bond donors (Lipinski definition) is 2. The minimum absolute atomic E-state index is 0.0310. The van der Waals surface area contributed by atoms with Gasteiger partial charge in [0.25, 0.3) is 0 Å². The number of amides is 1. The summed E-state index contributed by atoms with van der Waals surface area (Å²) in [5.41, 5.74) is 6.74. The van der Waals surface area contributed by atoms with Gasteiger partial charge in [-0.2, -0.15) is 0 Å². The number of benzene rings is 1. The molecule has 1 aromatic heterocycles. The molecule has 0 aliphatic carbocycles. The summed E-state index contributed by atoms with van der Waals surface area (Å²) in [5, 5.41) is 3.02. The van der Waals surface area contributed by atoms with E-state index in [1.165, 1.54) is 6.20 Å². The van der Waals surface area contributed by atoms with Crippen molar-refractivity contribution < 1.29 is 9.53 Å². The molecule has 1 fully saturated rings. The van der Waals surface area contributed by atoms with E-state index in [1.807, 2.05) is 24.3 Å². The van der Waals surface area contributed by atoms with Gasteiger partial charge in [0.1, 0.15) is 17.4 Å². The number of carbonyl (C=O) groups is 1. The van der Waals surface area contributed by atoms with E-state index < -0.39 is 0 Å². The van der Waals surface area contributed by atoms with Gasteiger partial charge in [0.15, 0.2) is 0 Å². The average molecular weight is 341 g/mol. The fraction of sp³-hybridized carbons (Fsp3) is 0.389. The van der Waals surface area contributed by atoms with E-state index in [2.05, 4.69) is 20.2 Å². The molecule has 2 heterocycles. The first kappa shape index (κ1) is 17.0. The Morgan fingerprint density at radius 2 is 2.00 bits per heavy atom. The van der Waals surface area contributed by atoms with Crippen molar-refractivity contribution in [2.45, 2.75) is 19.4 Å². The third-order valence-electron chi connectivity index (χ3n) is 4.46. The molecular weight excluding hydrogens is 318 g/mol. The summed E-state index contributed by atoms with van der Waals surface area (Å²) in [7, 11) is 1.64. The van der Waals surface area contributed by atoms with Crippen molar-refractivity contribution in [2.75, 3.05) is 30.8 Å². The molecule has 1 aliphatic heterocycles. The van der Waals surface area contributed by atoms with Gasteiger partial charge in [0.05, 0.1) is 19.5 Å². The number of ether oxygens (including phenoxy) is 1. The zero-order valence-corrected chi connectivity index (χ0v) is 14.3. The average Bonchev–Trinajstić information content (AvgIpc) is 2.66. The predicted octanol–water partition coefficient (Wildman–Crippen LogP) is 1.60. The molecule has 132 valence electrons. The third kappa shape index (κ3) is 4.37. The first-order valence-corrected chi connectivity index (χ1v) is 8.39. The van der Waals surface area contributed by atoms with Crippen LogP contribution in [0.25, 0.3) is 0 Å². The normalized spacial score (nSPS) is 15.0. The van der Waals surface area contributed by atoms with Crippen molar-refractivity contribution >= 4 is 17.5 Å². The molecule has 1 saturated heterocycles. The molecule has 25 heavy (non-hydrogen) atoms. The van der Waals surface area contributed by atoms with Crippen LogP contribution in [-0.4, -0.2) is 36.1 Å². The monoisotopic (exact) mass is 341 g/mol. The van der Waals surface area contributed by atoms with Crippen LogP contribution < -0.4 is 20.7 Å². The predicted molar refractivity (Wildman–Crippen MR) is 96.2 cm³/mol. The van der Waals surface area contributed by atoms with E-state index in [-0.39, 0.29) is 11.8 Å². The van der Waals surface area contributed by atoms with E-state index in [9.17, 15) is 4.79 Å². The van der Waals surface area contributed by atoms with Crippen LogP contribution in [0, 0.1) is 5.92 Å². The third-order valence-corrected chi connectivity index (χ3v) is 4.46. The maximum atomic E-state index is 12.4. The number of rotatable bonds is 5. The van der Waals surface area contributed by atoms with Crippen molar-refractivity contribution in [2.24, 2.45) is 5.92 Å². The van der Waals surface area contributed by atoms with Crippen LogP contribution in [0.15, 0.2) is 36.7 Å². The standard InChI is InChI=1S/C18H23N5O2/c1-25-15-4-2-13(3-5-15)10-21-18(24)14-6-8-23(9-7-14)17-12-20-11-16(19)22-17/h2-5,11-12,14H,6-10H2,1H3,(H2,19,22)(H,21,24). The van der Waals surface area contributed by atoms with E-state index in [0.717, 1.165) is 43.1 Å². The van der Waals surface area contributed by atoms with E-state index >= 15 is 0 Å². The number of piperidine rings is 1.